The van der Waals surface area contributed by atoms with Crippen molar-refractivity contribution in [2.45, 2.75) is 19.4 Å². The van der Waals surface area contributed by atoms with E-state index in [9.17, 15) is 4.79 Å². The summed E-state index contributed by atoms with van der Waals surface area (Å²) in [6, 6.07) is 17.6. The van der Waals surface area contributed by atoms with Crippen LogP contribution in [0.25, 0.3) is 5.69 Å². The predicted molar refractivity (Wildman–Crippen MR) is 107 cm³/mol. The molecule has 5 heteroatoms. The Morgan fingerprint density at radius 2 is 2.00 bits per heavy atom. The number of carbonyl (C=O) groups is 1. The van der Waals surface area contributed by atoms with E-state index in [0.29, 0.717) is 5.02 Å². The van der Waals surface area contributed by atoms with Crippen LogP contribution in [0.3, 0.4) is 0 Å². The van der Waals surface area contributed by atoms with Crippen molar-refractivity contribution in [2.24, 2.45) is 5.92 Å². The number of hydrogen-bond donors (Lipinski definition) is 0. The van der Waals surface area contributed by atoms with Gasteiger partial charge in [0.05, 0.1) is 5.69 Å². The smallest absolute Gasteiger partial charge is 0.167 e. The molecule has 0 N–H and O–H groups in total. The quantitative estimate of drug-likeness (QED) is 0.607. The molecule has 4 nitrogen and oxygen atoms in total. The second-order valence-electron chi connectivity index (χ2n) is 7.07. The van der Waals surface area contributed by atoms with Crippen molar-refractivity contribution in [1.82, 2.24) is 14.7 Å². The van der Waals surface area contributed by atoms with Gasteiger partial charge in [-0.2, -0.15) is 5.10 Å². The predicted octanol–water partition coefficient (Wildman–Crippen LogP) is 4.62. The summed E-state index contributed by atoms with van der Waals surface area (Å²) in [6.45, 7) is 2.69. The van der Waals surface area contributed by atoms with Crippen molar-refractivity contribution in [3.63, 3.8) is 0 Å². The molecule has 4 rings (SSSR count). The third-order valence-corrected chi connectivity index (χ3v) is 5.33. The summed E-state index contributed by atoms with van der Waals surface area (Å²) in [6.07, 6.45) is 5.70. The fraction of sp³-hybridized carbons (Fsp3) is 0.273. The normalized spacial score (nSPS) is 17.7. The summed E-state index contributed by atoms with van der Waals surface area (Å²) in [7, 11) is 0. The number of Topliss-reactive ketones (excluding diaryl/α,β-unsaturated/α-hetero) is 1. The first-order valence-corrected chi connectivity index (χ1v) is 9.68. The van der Waals surface area contributed by atoms with E-state index < -0.39 is 0 Å². The van der Waals surface area contributed by atoms with Gasteiger partial charge in [-0.3, -0.25) is 9.69 Å². The Balaban J connectivity index is 1.40. The Labute approximate surface area is 164 Å². The minimum atomic E-state index is 0.0422. The highest BCUT2D eigenvalue weighted by atomic mass is 35.5. The Kier molecular flexibility index (Phi) is 5.37. The van der Waals surface area contributed by atoms with Crippen molar-refractivity contribution < 1.29 is 4.79 Å². The largest absolute Gasteiger partial charge is 0.298 e. The van der Waals surface area contributed by atoms with Crippen LogP contribution in [0.4, 0.5) is 0 Å². The molecule has 1 aliphatic rings. The maximum absolute atomic E-state index is 12.8. The van der Waals surface area contributed by atoms with Crippen LogP contribution in [0.2, 0.25) is 5.02 Å². The number of nitrogens with zero attached hydrogens (tertiary/aromatic N) is 3. The monoisotopic (exact) mass is 379 g/mol. The van der Waals surface area contributed by atoms with Gasteiger partial charge in [0.25, 0.3) is 0 Å². The topological polar surface area (TPSA) is 38.1 Å². The molecule has 0 radical (unpaired) electrons. The second kappa shape index (κ2) is 8.07. The number of benzene rings is 2. The van der Waals surface area contributed by atoms with Crippen LogP contribution in [0.15, 0.2) is 67.0 Å². The van der Waals surface area contributed by atoms with Crippen LogP contribution in [-0.2, 0) is 6.54 Å². The number of ketones is 1. The molecule has 0 amide bonds. The molecule has 0 bridgehead atoms. The molecule has 0 spiro atoms. The van der Waals surface area contributed by atoms with E-state index >= 15 is 0 Å². The summed E-state index contributed by atoms with van der Waals surface area (Å²) in [4.78, 5) is 15.2. The van der Waals surface area contributed by atoms with Crippen LogP contribution in [-0.4, -0.2) is 33.6 Å². The van der Waals surface area contributed by atoms with Gasteiger partial charge in [-0.05, 0) is 55.3 Å². The van der Waals surface area contributed by atoms with Crippen molar-refractivity contribution in [3.05, 3.63) is 83.1 Å². The molecule has 0 unspecified atom stereocenters. The van der Waals surface area contributed by atoms with Gasteiger partial charge in [-0.25, -0.2) is 4.68 Å². The van der Waals surface area contributed by atoms with Gasteiger partial charge < -0.3 is 0 Å². The fourth-order valence-corrected chi connectivity index (χ4v) is 3.91. The SMILES string of the molecule is O=C(c1cccc(Cl)c1)[C@H]1CCCN(Cc2ccc(-n3cccn3)cc2)C1. The minimum Gasteiger partial charge on any atom is -0.298 e. The van der Waals surface area contributed by atoms with Gasteiger partial charge in [0, 0.05) is 42.0 Å². The summed E-state index contributed by atoms with van der Waals surface area (Å²) >= 11 is 6.04. The number of piperidine rings is 1. The first-order valence-electron chi connectivity index (χ1n) is 9.30. The highest BCUT2D eigenvalue weighted by Gasteiger charge is 2.26. The third kappa shape index (κ3) is 4.29. The molecule has 2 aromatic carbocycles. The molecule has 1 atom stereocenters. The maximum atomic E-state index is 12.8. The van der Waals surface area contributed by atoms with E-state index in [-0.39, 0.29) is 11.7 Å². The van der Waals surface area contributed by atoms with E-state index in [4.69, 9.17) is 11.6 Å². The van der Waals surface area contributed by atoms with E-state index in [2.05, 4.69) is 34.3 Å². The summed E-state index contributed by atoms with van der Waals surface area (Å²) in [5, 5.41) is 4.87. The third-order valence-electron chi connectivity index (χ3n) is 5.10. The van der Waals surface area contributed by atoms with Gasteiger partial charge in [0.15, 0.2) is 5.78 Å². The number of aromatic nitrogens is 2. The average molecular weight is 380 g/mol. The lowest BCUT2D eigenvalue weighted by Crippen LogP contribution is -2.38. The molecule has 1 saturated heterocycles. The maximum Gasteiger partial charge on any atom is 0.167 e. The Hall–Kier alpha value is -2.43. The van der Waals surface area contributed by atoms with Crippen molar-refractivity contribution in [3.8, 4) is 5.69 Å². The molecule has 1 aliphatic heterocycles. The molecule has 3 aromatic rings. The first kappa shape index (κ1) is 18.0. The number of likely N-dealkylation sites (tertiary alicyclic amines) is 1. The van der Waals surface area contributed by atoms with Crippen molar-refractivity contribution >= 4 is 17.4 Å². The Bertz CT molecular complexity index is 906. The molecular formula is C22H22ClN3O. The van der Waals surface area contributed by atoms with Crippen molar-refractivity contribution in [1.29, 1.82) is 0 Å². The minimum absolute atomic E-state index is 0.0422. The van der Waals surface area contributed by atoms with Gasteiger partial charge in [-0.15, -0.1) is 0 Å². The van der Waals surface area contributed by atoms with Crippen molar-refractivity contribution in [2.75, 3.05) is 13.1 Å². The highest BCUT2D eigenvalue weighted by molar-refractivity contribution is 6.31. The fourth-order valence-electron chi connectivity index (χ4n) is 3.72. The molecule has 0 saturated carbocycles. The zero-order chi connectivity index (χ0) is 18.6. The number of halogens is 1. The van der Waals surface area contributed by atoms with E-state index in [1.165, 1.54) is 5.56 Å². The first-order chi connectivity index (χ1) is 13.2. The van der Waals surface area contributed by atoms with E-state index in [0.717, 1.165) is 43.7 Å². The van der Waals surface area contributed by atoms with Crippen LogP contribution in [0.1, 0.15) is 28.8 Å². The van der Waals surface area contributed by atoms with Crippen LogP contribution in [0, 0.1) is 5.92 Å². The second-order valence-corrected chi connectivity index (χ2v) is 7.50. The van der Waals surface area contributed by atoms with Crippen LogP contribution in [0.5, 0.6) is 0 Å². The van der Waals surface area contributed by atoms with Gasteiger partial charge >= 0.3 is 0 Å². The van der Waals surface area contributed by atoms with Gasteiger partial charge in [0.2, 0.25) is 0 Å². The van der Waals surface area contributed by atoms with E-state index in [1.807, 2.05) is 29.1 Å². The summed E-state index contributed by atoms with van der Waals surface area (Å²) in [5.41, 5.74) is 3.02. The standard InChI is InChI=1S/C22H22ClN3O/c23-20-6-1-4-18(14-20)22(27)19-5-2-12-25(16-19)15-17-7-9-21(10-8-17)26-13-3-11-24-26/h1,3-4,6-11,13-14,19H,2,5,12,15-16H2/t19-/m0/s1. The van der Waals surface area contributed by atoms with Crippen LogP contribution < -0.4 is 0 Å². The molecule has 1 fully saturated rings. The molecule has 1 aromatic heterocycles. The van der Waals surface area contributed by atoms with Gasteiger partial charge in [0.1, 0.15) is 0 Å². The van der Waals surface area contributed by atoms with E-state index in [1.54, 1.807) is 18.3 Å². The number of rotatable bonds is 5. The average Bonchev–Trinajstić information content (AvgIpc) is 3.23. The number of hydrogen-bond acceptors (Lipinski definition) is 3. The molecule has 2 heterocycles. The summed E-state index contributed by atoms with van der Waals surface area (Å²) in [5.74, 6) is 0.247. The molecule has 27 heavy (non-hydrogen) atoms. The highest BCUT2D eigenvalue weighted by Crippen LogP contribution is 2.24. The molecular weight excluding hydrogens is 358 g/mol. The lowest BCUT2D eigenvalue weighted by molar-refractivity contribution is 0.0811. The Morgan fingerprint density at radius 1 is 1.15 bits per heavy atom. The lowest BCUT2D eigenvalue weighted by Gasteiger charge is -2.32. The van der Waals surface area contributed by atoms with Gasteiger partial charge in [-0.1, -0.05) is 35.9 Å². The zero-order valence-electron chi connectivity index (χ0n) is 15.1. The Morgan fingerprint density at radius 3 is 2.74 bits per heavy atom. The summed E-state index contributed by atoms with van der Waals surface area (Å²) < 4.78 is 1.85. The molecule has 0 aliphatic carbocycles. The zero-order valence-corrected chi connectivity index (χ0v) is 15.8. The van der Waals surface area contributed by atoms with Crippen LogP contribution >= 0.6 is 11.6 Å². The lowest BCUT2D eigenvalue weighted by atomic mass is 9.90. The number of carbonyl (C=O) groups excluding carboxylic acids is 1. The molecule has 138 valence electrons.